The molecule has 0 aliphatic rings. The molecule has 0 radical (unpaired) electrons. The summed E-state index contributed by atoms with van der Waals surface area (Å²) in [5.74, 6) is 1.83. The highest BCUT2D eigenvalue weighted by Gasteiger charge is 2.03. The molecule has 0 saturated heterocycles. The Morgan fingerprint density at radius 3 is 1.64 bits per heavy atom. The summed E-state index contributed by atoms with van der Waals surface area (Å²) in [6.45, 7) is 10.1. The minimum Gasteiger partial charge on any atom is -0.508 e. The Kier molecular flexibility index (Phi) is 8.76. The summed E-state index contributed by atoms with van der Waals surface area (Å²) in [5, 5.41) is 9.01. The van der Waals surface area contributed by atoms with Crippen LogP contribution < -0.4 is 4.74 Å². The van der Waals surface area contributed by atoms with Crippen LogP contribution in [0.3, 0.4) is 0 Å². The molecule has 0 spiro atoms. The third-order valence-electron chi connectivity index (χ3n) is 4.40. The monoisotopic (exact) mass is 342 g/mol. The molecule has 2 unspecified atom stereocenters. The Bertz CT molecular complexity index is 629. The van der Waals surface area contributed by atoms with Crippen molar-refractivity contribution in [2.24, 2.45) is 0 Å². The van der Waals surface area contributed by atoms with E-state index >= 15 is 0 Å². The molecular formula is C22H30O3. The highest BCUT2D eigenvalue weighted by Crippen LogP contribution is 2.21. The van der Waals surface area contributed by atoms with E-state index < -0.39 is 0 Å². The van der Waals surface area contributed by atoms with Crippen molar-refractivity contribution in [3.05, 3.63) is 59.7 Å². The van der Waals surface area contributed by atoms with Crippen molar-refractivity contribution in [2.45, 2.75) is 59.3 Å². The third kappa shape index (κ3) is 7.42. The molecule has 2 rings (SSSR count). The summed E-state index contributed by atoms with van der Waals surface area (Å²) >= 11 is 0. The van der Waals surface area contributed by atoms with Crippen LogP contribution in [0.1, 0.15) is 70.4 Å². The van der Waals surface area contributed by atoms with Crippen molar-refractivity contribution < 1.29 is 14.6 Å². The summed E-state index contributed by atoms with van der Waals surface area (Å²) in [6.07, 6.45) is 2.26. The normalized spacial score (nSPS) is 12.5. The van der Waals surface area contributed by atoms with Gasteiger partial charge in [0.15, 0.2) is 0 Å². The van der Waals surface area contributed by atoms with E-state index in [2.05, 4.69) is 27.7 Å². The molecule has 0 heterocycles. The third-order valence-corrected chi connectivity index (χ3v) is 4.40. The van der Waals surface area contributed by atoms with E-state index in [1.165, 1.54) is 18.1 Å². The lowest BCUT2D eigenvalue weighted by atomic mass is 9.99. The molecule has 0 aromatic heterocycles. The largest absolute Gasteiger partial charge is 0.508 e. The number of hydrogen-bond acceptors (Lipinski definition) is 3. The van der Waals surface area contributed by atoms with E-state index in [1.807, 2.05) is 36.4 Å². The Morgan fingerprint density at radius 1 is 0.880 bits per heavy atom. The molecule has 0 aliphatic carbocycles. The van der Waals surface area contributed by atoms with Crippen molar-refractivity contribution in [3.63, 3.8) is 0 Å². The SMILES string of the molecule is CCC(C)c1ccc(O)cc1.CCC(C)c1ccc(OC(C)=O)cc1. The van der Waals surface area contributed by atoms with Crippen molar-refractivity contribution in [1.29, 1.82) is 0 Å². The second kappa shape index (κ2) is 10.5. The van der Waals surface area contributed by atoms with E-state index in [0.717, 1.165) is 12.8 Å². The van der Waals surface area contributed by atoms with Crippen molar-refractivity contribution >= 4 is 5.97 Å². The lowest BCUT2D eigenvalue weighted by molar-refractivity contribution is -0.131. The lowest BCUT2D eigenvalue weighted by Crippen LogP contribution is -2.01. The number of phenols is 1. The van der Waals surface area contributed by atoms with Gasteiger partial charge in [0.1, 0.15) is 11.5 Å². The van der Waals surface area contributed by atoms with E-state index in [1.54, 1.807) is 12.1 Å². The average molecular weight is 342 g/mol. The van der Waals surface area contributed by atoms with Gasteiger partial charge in [-0.1, -0.05) is 52.0 Å². The molecule has 2 aromatic carbocycles. The molecule has 0 saturated carbocycles. The highest BCUT2D eigenvalue weighted by atomic mass is 16.5. The zero-order chi connectivity index (χ0) is 18.8. The molecule has 25 heavy (non-hydrogen) atoms. The maximum Gasteiger partial charge on any atom is 0.308 e. The van der Waals surface area contributed by atoms with Crippen LogP contribution >= 0.6 is 0 Å². The van der Waals surface area contributed by atoms with Gasteiger partial charge in [0.2, 0.25) is 0 Å². The number of phenolic OH excluding ortho intramolecular Hbond substituents is 1. The van der Waals surface area contributed by atoms with Crippen LogP contribution in [0.15, 0.2) is 48.5 Å². The predicted molar refractivity (Wildman–Crippen MR) is 103 cm³/mol. The van der Waals surface area contributed by atoms with Crippen molar-refractivity contribution in [1.82, 2.24) is 0 Å². The van der Waals surface area contributed by atoms with Crippen LogP contribution in [-0.4, -0.2) is 11.1 Å². The van der Waals surface area contributed by atoms with Gasteiger partial charge in [0, 0.05) is 6.92 Å². The van der Waals surface area contributed by atoms with Gasteiger partial charge in [-0.2, -0.15) is 0 Å². The predicted octanol–water partition coefficient (Wildman–Crippen LogP) is 6.03. The number of benzene rings is 2. The molecule has 2 atom stereocenters. The number of esters is 1. The summed E-state index contributed by atoms with van der Waals surface area (Å²) in [4.78, 5) is 10.7. The fourth-order valence-corrected chi connectivity index (χ4v) is 2.30. The summed E-state index contributed by atoms with van der Waals surface area (Å²) in [7, 11) is 0. The standard InChI is InChI=1S/C12H16O2.C10H14O/c1-4-9(2)11-5-7-12(8-6-11)14-10(3)13;1-3-8(2)9-4-6-10(11)7-5-9/h5-9H,4H2,1-3H3;4-8,11H,3H2,1-2H3. The zero-order valence-electron chi connectivity index (χ0n) is 16.0. The topological polar surface area (TPSA) is 46.5 Å². The number of hydrogen-bond donors (Lipinski definition) is 1. The number of aromatic hydroxyl groups is 1. The van der Waals surface area contributed by atoms with Gasteiger partial charge in [0.05, 0.1) is 0 Å². The molecule has 0 bridgehead atoms. The molecule has 136 valence electrons. The second-order valence-corrected chi connectivity index (χ2v) is 6.37. The van der Waals surface area contributed by atoms with Crippen molar-refractivity contribution in [2.75, 3.05) is 0 Å². The molecular weight excluding hydrogens is 312 g/mol. The Balaban J connectivity index is 0.000000257. The first kappa shape index (κ1) is 20.8. The van der Waals surface area contributed by atoms with Gasteiger partial charge in [-0.3, -0.25) is 4.79 Å². The Morgan fingerprint density at radius 2 is 1.28 bits per heavy atom. The first-order valence-electron chi connectivity index (χ1n) is 8.94. The maximum atomic E-state index is 10.7. The van der Waals surface area contributed by atoms with Gasteiger partial charge >= 0.3 is 5.97 Å². The van der Waals surface area contributed by atoms with Gasteiger partial charge in [0.25, 0.3) is 0 Å². The van der Waals surface area contributed by atoms with Gasteiger partial charge in [-0.15, -0.1) is 0 Å². The summed E-state index contributed by atoms with van der Waals surface area (Å²) in [5.41, 5.74) is 2.58. The van der Waals surface area contributed by atoms with Crippen LogP contribution in [-0.2, 0) is 4.79 Å². The second-order valence-electron chi connectivity index (χ2n) is 6.37. The van der Waals surface area contributed by atoms with Gasteiger partial charge in [-0.05, 0) is 60.1 Å². The van der Waals surface area contributed by atoms with E-state index in [0.29, 0.717) is 23.3 Å². The minimum atomic E-state index is -0.277. The fraction of sp³-hybridized carbons (Fsp3) is 0.409. The van der Waals surface area contributed by atoms with Gasteiger partial charge in [-0.25, -0.2) is 0 Å². The lowest BCUT2D eigenvalue weighted by Gasteiger charge is -2.09. The quantitative estimate of drug-likeness (QED) is 0.533. The van der Waals surface area contributed by atoms with E-state index in [-0.39, 0.29) is 5.97 Å². The first-order valence-corrected chi connectivity index (χ1v) is 8.94. The smallest absolute Gasteiger partial charge is 0.308 e. The highest BCUT2D eigenvalue weighted by molar-refractivity contribution is 5.69. The molecule has 0 amide bonds. The molecule has 0 aliphatic heterocycles. The van der Waals surface area contributed by atoms with Gasteiger partial charge < -0.3 is 9.84 Å². The number of carbonyl (C=O) groups is 1. The van der Waals surface area contributed by atoms with Crippen molar-refractivity contribution in [3.8, 4) is 11.5 Å². The summed E-state index contributed by atoms with van der Waals surface area (Å²) in [6, 6.07) is 15.1. The van der Waals surface area contributed by atoms with Crippen LogP contribution in [0.2, 0.25) is 0 Å². The van der Waals surface area contributed by atoms with Crippen LogP contribution in [0.4, 0.5) is 0 Å². The fourth-order valence-electron chi connectivity index (χ4n) is 2.30. The van der Waals surface area contributed by atoms with Crippen LogP contribution in [0.25, 0.3) is 0 Å². The number of rotatable bonds is 5. The van der Waals surface area contributed by atoms with Crippen LogP contribution in [0.5, 0.6) is 11.5 Å². The Hall–Kier alpha value is -2.29. The van der Waals surface area contributed by atoms with E-state index in [4.69, 9.17) is 9.84 Å². The zero-order valence-corrected chi connectivity index (χ0v) is 16.0. The minimum absolute atomic E-state index is 0.277. The molecule has 3 heteroatoms. The summed E-state index contributed by atoms with van der Waals surface area (Å²) < 4.78 is 4.94. The van der Waals surface area contributed by atoms with E-state index in [9.17, 15) is 4.79 Å². The number of ether oxygens (including phenoxy) is 1. The molecule has 1 N–H and O–H groups in total. The first-order chi connectivity index (χ1) is 11.9. The molecule has 3 nitrogen and oxygen atoms in total. The van der Waals surface area contributed by atoms with Crippen LogP contribution in [0, 0.1) is 0 Å². The Labute approximate surface area is 151 Å². The molecule has 2 aromatic rings. The average Bonchev–Trinajstić information content (AvgIpc) is 2.61. The molecule has 0 fully saturated rings. The number of carbonyl (C=O) groups excluding carboxylic acids is 1. The maximum absolute atomic E-state index is 10.7.